The fourth-order valence-corrected chi connectivity index (χ4v) is 2.55. The van der Waals surface area contributed by atoms with Gasteiger partial charge in [0.2, 0.25) is 5.91 Å². The lowest BCUT2D eigenvalue weighted by atomic mass is 9.94. The molecule has 3 N–H and O–H groups in total. The largest absolute Gasteiger partial charge is 0.354 e. The molecular formula is C15H25ClN2OS. The lowest BCUT2D eigenvalue weighted by Gasteiger charge is -2.26. The van der Waals surface area contributed by atoms with E-state index in [9.17, 15) is 4.79 Å². The highest BCUT2D eigenvalue weighted by Gasteiger charge is 2.20. The highest BCUT2D eigenvalue weighted by molar-refractivity contribution is 8.00. The molecule has 0 saturated heterocycles. The molecule has 5 heteroatoms. The van der Waals surface area contributed by atoms with E-state index < -0.39 is 0 Å². The molecule has 0 bridgehead atoms. The summed E-state index contributed by atoms with van der Waals surface area (Å²) in [7, 11) is 0. The van der Waals surface area contributed by atoms with Crippen molar-refractivity contribution >= 4 is 30.1 Å². The molecule has 1 aromatic rings. The van der Waals surface area contributed by atoms with Crippen LogP contribution in [0.5, 0.6) is 0 Å². The Hall–Kier alpha value is -0.710. The maximum absolute atomic E-state index is 11.8. The minimum Gasteiger partial charge on any atom is -0.354 e. The molecule has 0 radical (unpaired) electrons. The molecular weight excluding hydrogens is 292 g/mol. The molecule has 0 saturated carbocycles. The average Bonchev–Trinajstić information content (AvgIpc) is 2.44. The molecule has 0 aliphatic heterocycles. The SMILES string of the molecule is CCC(N)(CC)CNC(=O)CSc1ccccc1C.Cl. The number of carbonyl (C=O) groups is 1. The first-order valence-corrected chi connectivity index (χ1v) is 7.73. The number of nitrogens with two attached hydrogens (primary N) is 1. The van der Waals surface area contributed by atoms with E-state index >= 15 is 0 Å². The van der Waals surface area contributed by atoms with Gasteiger partial charge in [-0.05, 0) is 31.4 Å². The van der Waals surface area contributed by atoms with Crippen LogP contribution in [0.1, 0.15) is 32.3 Å². The lowest BCUT2D eigenvalue weighted by Crippen LogP contribution is -2.49. The van der Waals surface area contributed by atoms with Crippen molar-refractivity contribution in [3.8, 4) is 0 Å². The number of amides is 1. The molecule has 0 aliphatic rings. The summed E-state index contributed by atoms with van der Waals surface area (Å²) in [4.78, 5) is 13.0. The second kappa shape index (κ2) is 9.27. The number of benzene rings is 1. The molecule has 20 heavy (non-hydrogen) atoms. The van der Waals surface area contributed by atoms with Gasteiger partial charge in [0.15, 0.2) is 0 Å². The van der Waals surface area contributed by atoms with Crippen LogP contribution in [0.25, 0.3) is 0 Å². The van der Waals surface area contributed by atoms with Crippen LogP contribution in [0.4, 0.5) is 0 Å². The maximum Gasteiger partial charge on any atom is 0.230 e. The Kier molecular flexibility index (Phi) is 8.94. The Labute approximate surface area is 132 Å². The Bertz CT molecular complexity index is 422. The lowest BCUT2D eigenvalue weighted by molar-refractivity contribution is -0.118. The number of halogens is 1. The molecule has 0 aliphatic carbocycles. The zero-order chi connectivity index (χ0) is 14.3. The van der Waals surface area contributed by atoms with Gasteiger partial charge in [-0.1, -0.05) is 32.0 Å². The number of thioether (sulfide) groups is 1. The van der Waals surface area contributed by atoms with E-state index in [0.29, 0.717) is 12.3 Å². The van der Waals surface area contributed by atoms with E-state index in [2.05, 4.69) is 32.2 Å². The van der Waals surface area contributed by atoms with Crippen molar-refractivity contribution in [3.63, 3.8) is 0 Å². The highest BCUT2D eigenvalue weighted by Crippen LogP contribution is 2.21. The highest BCUT2D eigenvalue weighted by atomic mass is 35.5. The quantitative estimate of drug-likeness (QED) is 0.760. The smallest absolute Gasteiger partial charge is 0.230 e. The minimum atomic E-state index is -0.275. The van der Waals surface area contributed by atoms with Gasteiger partial charge in [0.25, 0.3) is 0 Å². The third-order valence-corrected chi connectivity index (χ3v) is 4.67. The number of rotatable bonds is 7. The van der Waals surface area contributed by atoms with Gasteiger partial charge in [-0.2, -0.15) is 0 Å². The fourth-order valence-electron chi connectivity index (χ4n) is 1.69. The predicted molar refractivity (Wildman–Crippen MR) is 89.7 cm³/mol. The Morgan fingerprint density at radius 3 is 2.45 bits per heavy atom. The second-order valence-electron chi connectivity index (χ2n) is 4.90. The normalized spacial score (nSPS) is 10.8. The van der Waals surface area contributed by atoms with E-state index in [4.69, 9.17) is 5.73 Å². The molecule has 0 atom stereocenters. The number of carbonyl (C=O) groups excluding carboxylic acids is 1. The molecule has 0 heterocycles. The van der Waals surface area contributed by atoms with Crippen LogP contribution in [-0.4, -0.2) is 23.7 Å². The zero-order valence-corrected chi connectivity index (χ0v) is 14.1. The van der Waals surface area contributed by atoms with Crippen LogP contribution in [0.3, 0.4) is 0 Å². The minimum absolute atomic E-state index is 0. The van der Waals surface area contributed by atoms with Crippen molar-refractivity contribution in [2.45, 2.75) is 44.0 Å². The third kappa shape index (κ3) is 6.16. The molecule has 1 rings (SSSR count). The van der Waals surface area contributed by atoms with Gasteiger partial charge in [-0.25, -0.2) is 0 Å². The van der Waals surface area contributed by atoms with Crippen LogP contribution < -0.4 is 11.1 Å². The van der Waals surface area contributed by atoms with Gasteiger partial charge in [0, 0.05) is 17.0 Å². The summed E-state index contributed by atoms with van der Waals surface area (Å²) in [5.74, 6) is 0.485. The van der Waals surface area contributed by atoms with Crippen LogP contribution in [0.15, 0.2) is 29.2 Å². The molecule has 3 nitrogen and oxygen atoms in total. The van der Waals surface area contributed by atoms with Gasteiger partial charge in [-0.15, -0.1) is 24.2 Å². The van der Waals surface area contributed by atoms with Crippen molar-refractivity contribution in [1.29, 1.82) is 0 Å². The average molecular weight is 317 g/mol. The Balaban J connectivity index is 0.00000361. The van der Waals surface area contributed by atoms with E-state index in [-0.39, 0.29) is 23.9 Å². The van der Waals surface area contributed by atoms with Crippen LogP contribution >= 0.6 is 24.2 Å². The van der Waals surface area contributed by atoms with Gasteiger partial charge in [0.1, 0.15) is 0 Å². The predicted octanol–water partition coefficient (Wildman–Crippen LogP) is 3.14. The summed E-state index contributed by atoms with van der Waals surface area (Å²) in [6.45, 7) is 6.71. The van der Waals surface area contributed by atoms with Gasteiger partial charge in [-0.3, -0.25) is 4.79 Å². The molecule has 1 aromatic carbocycles. The van der Waals surface area contributed by atoms with Gasteiger partial charge >= 0.3 is 0 Å². The van der Waals surface area contributed by atoms with Crippen molar-refractivity contribution < 1.29 is 4.79 Å². The summed E-state index contributed by atoms with van der Waals surface area (Å²) in [5, 5.41) is 2.93. The van der Waals surface area contributed by atoms with E-state index in [1.165, 1.54) is 5.56 Å². The molecule has 0 fully saturated rings. The van der Waals surface area contributed by atoms with Crippen molar-refractivity contribution in [3.05, 3.63) is 29.8 Å². The van der Waals surface area contributed by atoms with Crippen molar-refractivity contribution in [1.82, 2.24) is 5.32 Å². The Morgan fingerprint density at radius 2 is 1.90 bits per heavy atom. The number of hydrogen-bond acceptors (Lipinski definition) is 3. The fraction of sp³-hybridized carbons (Fsp3) is 0.533. The topological polar surface area (TPSA) is 55.1 Å². The van der Waals surface area contributed by atoms with Crippen LogP contribution in [-0.2, 0) is 4.79 Å². The second-order valence-corrected chi connectivity index (χ2v) is 5.92. The number of nitrogens with one attached hydrogen (secondary N) is 1. The molecule has 1 amide bonds. The van der Waals surface area contributed by atoms with Gasteiger partial charge < -0.3 is 11.1 Å². The molecule has 0 spiro atoms. The standard InChI is InChI=1S/C15H24N2OS.ClH/c1-4-15(16,5-2)11-17-14(18)10-19-13-9-7-6-8-12(13)3;/h6-9H,4-5,10-11,16H2,1-3H3,(H,17,18);1H. The summed E-state index contributed by atoms with van der Waals surface area (Å²) < 4.78 is 0. The third-order valence-electron chi connectivity index (χ3n) is 3.50. The van der Waals surface area contributed by atoms with Crippen molar-refractivity contribution in [2.24, 2.45) is 5.73 Å². The number of hydrogen-bond donors (Lipinski definition) is 2. The monoisotopic (exact) mass is 316 g/mol. The molecule has 0 unspecified atom stereocenters. The first-order chi connectivity index (χ1) is 9.00. The zero-order valence-electron chi connectivity index (χ0n) is 12.4. The first kappa shape index (κ1) is 19.3. The summed E-state index contributed by atoms with van der Waals surface area (Å²) in [6, 6.07) is 8.09. The van der Waals surface area contributed by atoms with Crippen LogP contribution in [0.2, 0.25) is 0 Å². The molecule has 114 valence electrons. The Morgan fingerprint density at radius 1 is 1.30 bits per heavy atom. The van der Waals surface area contributed by atoms with Crippen LogP contribution in [0, 0.1) is 6.92 Å². The summed E-state index contributed by atoms with van der Waals surface area (Å²) in [6.07, 6.45) is 1.74. The molecule has 0 aromatic heterocycles. The first-order valence-electron chi connectivity index (χ1n) is 6.74. The number of aryl methyl sites for hydroxylation is 1. The van der Waals surface area contributed by atoms with Crippen molar-refractivity contribution in [2.75, 3.05) is 12.3 Å². The van der Waals surface area contributed by atoms with E-state index in [1.807, 2.05) is 18.2 Å². The van der Waals surface area contributed by atoms with E-state index in [0.717, 1.165) is 17.7 Å². The maximum atomic E-state index is 11.8. The summed E-state index contributed by atoms with van der Waals surface area (Å²) >= 11 is 1.57. The van der Waals surface area contributed by atoms with Gasteiger partial charge in [0.05, 0.1) is 5.75 Å². The van der Waals surface area contributed by atoms with E-state index in [1.54, 1.807) is 11.8 Å². The summed E-state index contributed by atoms with van der Waals surface area (Å²) in [5.41, 5.74) is 7.08.